The average Bonchev–Trinajstić information content (AvgIpc) is 2.13. The van der Waals surface area contributed by atoms with E-state index >= 15 is 0 Å². The quantitative estimate of drug-likeness (QED) is 0.329. The third-order valence-corrected chi connectivity index (χ3v) is 1.79. The molecule has 2 N–H and O–H groups in total. The number of carbonyl (C=O) groups is 2. The Hall–Kier alpha value is -1.14. The average molecular weight is 188 g/mol. The van der Waals surface area contributed by atoms with Crippen molar-refractivity contribution < 1.29 is 19.1 Å². The maximum atomic E-state index is 11.2. The second-order valence-corrected chi connectivity index (χ2v) is 2.67. The number of methoxy groups -OCH3 is 1. The Kier molecular flexibility index (Phi) is 3.21. The first-order chi connectivity index (χ1) is 6.15. The summed E-state index contributed by atoms with van der Waals surface area (Å²) in [6, 6.07) is 0. The fraction of sp³-hybridized carbons (Fsp3) is 0.714. The summed E-state index contributed by atoms with van der Waals surface area (Å²) in [4.78, 5) is 22.1. The summed E-state index contributed by atoms with van der Waals surface area (Å²) >= 11 is 0. The molecule has 0 bridgehead atoms. The summed E-state index contributed by atoms with van der Waals surface area (Å²) in [6.45, 7) is 0.709. The van der Waals surface area contributed by atoms with Crippen molar-refractivity contribution in [1.82, 2.24) is 5.01 Å². The summed E-state index contributed by atoms with van der Waals surface area (Å²) in [6.07, 6.45) is -0.866. The van der Waals surface area contributed by atoms with Crippen LogP contribution in [0, 0.1) is 0 Å². The second-order valence-electron chi connectivity index (χ2n) is 2.67. The van der Waals surface area contributed by atoms with Gasteiger partial charge in [0.1, 0.15) is 6.10 Å². The van der Waals surface area contributed by atoms with Crippen LogP contribution in [0.2, 0.25) is 0 Å². The third kappa shape index (κ3) is 2.40. The van der Waals surface area contributed by atoms with E-state index in [1.54, 1.807) is 0 Å². The van der Waals surface area contributed by atoms with E-state index in [4.69, 9.17) is 10.6 Å². The minimum atomic E-state index is -0.786. The Morgan fingerprint density at radius 1 is 1.85 bits per heavy atom. The van der Waals surface area contributed by atoms with Crippen LogP contribution >= 0.6 is 0 Å². The number of carbonyl (C=O) groups excluding carboxylic acids is 2. The van der Waals surface area contributed by atoms with Crippen LogP contribution < -0.4 is 5.84 Å². The molecule has 74 valence electrons. The van der Waals surface area contributed by atoms with Gasteiger partial charge in [0, 0.05) is 0 Å². The lowest BCUT2D eigenvalue weighted by molar-refractivity contribution is -0.160. The van der Waals surface area contributed by atoms with Gasteiger partial charge in [-0.3, -0.25) is 14.6 Å². The molecule has 6 heteroatoms. The first kappa shape index (κ1) is 9.94. The molecule has 1 atom stereocenters. The lowest BCUT2D eigenvalue weighted by Gasteiger charge is -2.28. The summed E-state index contributed by atoms with van der Waals surface area (Å²) in [5, 5.41) is 1.05. The molecule has 0 aliphatic carbocycles. The number of hydrogen-bond acceptors (Lipinski definition) is 5. The molecule has 0 aromatic heterocycles. The highest BCUT2D eigenvalue weighted by Crippen LogP contribution is 2.07. The highest BCUT2D eigenvalue weighted by atomic mass is 16.5. The van der Waals surface area contributed by atoms with E-state index in [9.17, 15) is 9.59 Å². The zero-order valence-electron chi connectivity index (χ0n) is 7.36. The number of hydrazine groups is 1. The van der Waals surface area contributed by atoms with Crippen LogP contribution in [0.1, 0.15) is 6.42 Å². The number of nitrogens with zero attached hydrogens (tertiary/aromatic N) is 1. The molecule has 1 rings (SSSR count). The number of amides is 1. The van der Waals surface area contributed by atoms with Gasteiger partial charge in [-0.05, 0) is 0 Å². The minimum Gasteiger partial charge on any atom is -0.469 e. The Bertz CT molecular complexity index is 219. The maximum Gasteiger partial charge on any atom is 0.308 e. The number of rotatable bonds is 2. The Balaban J connectivity index is 2.49. The molecule has 1 aliphatic rings. The molecule has 0 spiro atoms. The molecule has 0 aromatic carbocycles. The largest absolute Gasteiger partial charge is 0.469 e. The molecule has 1 amide bonds. The van der Waals surface area contributed by atoms with E-state index in [1.165, 1.54) is 7.11 Å². The lowest BCUT2D eigenvalue weighted by atomic mass is 10.2. The number of ether oxygens (including phenoxy) is 2. The van der Waals surface area contributed by atoms with Gasteiger partial charge in [0.15, 0.2) is 0 Å². The zero-order chi connectivity index (χ0) is 9.84. The predicted molar refractivity (Wildman–Crippen MR) is 42.3 cm³/mol. The molecular formula is C7H12N2O4. The van der Waals surface area contributed by atoms with Crippen LogP contribution in [0.5, 0.6) is 0 Å². The first-order valence-corrected chi connectivity index (χ1v) is 3.89. The van der Waals surface area contributed by atoms with E-state index < -0.39 is 12.1 Å². The van der Waals surface area contributed by atoms with Crippen LogP contribution in [-0.2, 0) is 19.1 Å². The van der Waals surface area contributed by atoms with Gasteiger partial charge in [0.2, 0.25) is 0 Å². The van der Waals surface area contributed by atoms with Gasteiger partial charge in [-0.2, -0.15) is 0 Å². The van der Waals surface area contributed by atoms with Crippen molar-refractivity contribution in [2.75, 3.05) is 20.3 Å². The third-order valence-electron chi connectivity index (χ3n) is 1.79. The zero-order valence-corrected chi connectivity index (χ0v) is 7.36. The molecule has 0 radical (unpaired) electrons. The van der Waals surface area contributed by atoms with Crippen molar-refractivity contribution in [3.63, 3.8) is 0 Å². The summed E-state index contributed by atoms with van der Waals surface area (Å²) in [5.41, 5.74) is 0. The molecule has 1 aliphatic heterocycles. The van der Waals surface area contributed by atoms with E-state index in [-0.39, 0.29) is 12.3 Å². The number of esters is 1. The second kappa shape index (κ2) is 4.20. The van der Waals surface area contributed by atoms with E-state index in [0.29, 0.717) is 13.2 Å². The summed E-state index contributed by atoms with van der Waals surface area (Å²) in [5.74, 6) is 4.48. The fourth-order valence-corrected chi connectivity index (χ4v) is 1.04. The summed E-state index contributed by atoms with van der Waals surface area (Å²) < 4.78 is 9.47. The van der Waals surface area contributed by atoms with Crippen molar-refractivity contribution in [1.29, 1.82) is 0 Å². The Morgan fingerprint density at radius 3 is 3.15 bits per heavy atom. The van der Waals surface area contributed by atoms with Gasteiger partial charge in [0.05, 0.1) is 26.7 Å². The van der Waals surface area contributed by atoms with Gasteiger partial charge in [0.25, 0.3) is 5.91 Å². The first-order valence-electron chi connectivity index (χ1n) is 3.89. The molecule has 1 fully saturated rings. The fourth-order valence-electron chi connectivity index (χ4n) is 1.04. The SMILES string of the molecule is COC(=O)C[C@@H]1OCCN(N)C1=O. The van der Waals surface area contributed by atoms with Gasteiger partial charge < -0.3 is 9.47 Å². The molecule has 6 nitrogen and oxygen atoms in total. The van der Waals surface area contributed by atoms with Crippen LogP contribution in [0.4, 0.5) is 0 Å². The van der Waals surface area contributed by atoms with Crippen molar-refractivity contribution in [3.8, 4) is 0 Å². The van der Waals surface area contributed by atoms with Crippen molar-refractivity contribution in [3.05, 3.63) is 0 Å². The van der Waals surface area contributed by atoms with Crippen LogP contribution in [0.15, 0.2) is 0 Å². The van der Waals surface area contributed by atoms with Crippen LogP contribution in [-0.4, -0.2) is 43.3 Å². The van der Waals surface area contributed by atoms with E-state index in [0.717, 1.165) is 5.01 Å². The maximum absolute atomic E-state index is 11.2. The van der Waals surface area contributed by atoms with E-state index in [1.807, 2.05) is 0 Å². The topological polar surface area (TPSA) is 81.9 Å². The normalized spacial score (nSPS) is 23.1. The van der Waals surface area contributed by atoms with Crippen LogP contribution in [0.3, 0.4) is 0 Å². The molecule has 0 saturated carbocycles. The Morgan fingerprint density at radius 2 is 2.54 bits per heavy atom. The number of hydrogen-bond donors (Lipinski definition) is 1. The van der Waals surface area contributed by atoms with Crippen molar-refractivity contribution >= 4 is 11.9 Å². The highest BCUT2D eigenvalue weighted by molar-refractivity contribution is 5.85. The summed E-state index contributed by atoms with van der Waals surface area (Å²) in [7, 11) is 1.26. The van der Waals surface area contributed by atoms with E-state index in [2.05, 4.69) is 4.74 Å². The van der Waals surface area contributed by atoms with Crippen molar-refractivity contribution in [2.45, 2.75) is 12.5 Å². The smallest absolute Gasteiger partial charge is 0.308 e. The van der Waals surface area contributed by atoms with Crippen molar-refractivity contribution in [2.24, 2.45) is 5.84 Å². The molecule has 1 heterocycles. The molecule has 0 unspecified atom stereocenters. The van der Waals surface area contributed by atoms with Gasteiger partial charge in [-0.1, -0.05) is 0 Å². The molecule has 13 heavy (non-hydrogen) atoms. The molecule has 0 aromatic rings. The van der Waals surface area contributed by atoms with Crippen LogP contribution in [0.25, 0.3) is 0 Å². The van der Waals surface area contributed by atoms with Gasteiger partial charge >= 0.3 is 5.97 Å². The lowest BCUT2D eigenvalue weighted by Crippen LogP contribution is -2.51. The molecule has 1 saturated heterocycles. The number of nitrogens with two attached hydrogens (primary N) is 1. The van der Waals surface area contributed by atoms with Gasteiger partial charge in [-0.15, -0.1) is 0 Å². The predicted octanol–water partition coefficient (Wildman–Crippen LogP) is -1.35. The minimum absolute atomic E-state index is 0.0803. The van der Waals surface area contributed by atoms with Gasteiger partial charge in [-0.25, -0.2) is 5.84 Å². The monoisotopic (exact) mass is 188 g/mol. The Labute approximate surface area is 75.5 Å². The number of morpholine rings is 1. The highest BCUT2D eigenvalue weighted by Gasteiger charge is 2.30. The molecular weight excluding hydrogens is 176 g/mol. The standard InChI is InChI=1S/C7H12N2O4/c1-12-6(10)4-5-7(11)9(8)2-3-13-5/h5H,2-4,8H2,1H3/t5-/m0/s1.